The summed E-state index contributed by atoms with van der Waals surface area (Å²) in [4.78, 5) is 11.3. The van der Waals surface area contributed by atoms with E-state index in [-0.39, 0.29) is 12.0 Å². The molecule has 1 N–H and O–H groups in total. The molecule has 0 saturated heterocycles. The molecule has 0 heterocycles. The number of nitrogens with one attached hydrogen (secondary N) is 1. The van der Waals surface area contributed by atoms with Gasteiger partial charge in [-0.2, -0.15) is 0 Å². The molecule has 2 aliphatic carbocycles. The number of rotatable bonds is 7. The third kappa shape index (κ3) is 3.48. The standard InChI is InChI=1S/C13H23NO2/c1-3-16-12(15)8-9(2)14-13(10-4-5-10)11-6-7-11/h9-11,13-14H,3-8H2,1-2H3. The van der Waals surface area contributed by atoms with Crippen LogP contribution in [-0.2, 0) is 9.53 Å². The Morgan fingerprint density at radius 1 is 1.31 bits per heavy atom. The number of ether oxygens (including phenoxy) is 1. The Morgan fingerprint density at radius 2 is 1.88 bits per heavy atom. The highest BCUT2D eigenvalue weighted by Crippen LogP contribution is 2.44. The number of carbonyl (C=O) groups excluding carboxylic acids is 1. The quantitative estimate of drug-likeness (QED) is 0.674. The van der Waals surface area contributed by atoms with E-state index in [1.165, 1.54) is 25.7 Å². The van der Waals surface area contributed by atoms with Crippen LogP contribution in [0.25, 0.3) is 0 Å². The number of hydrogen-bond donors (Lipinski definition) is 1. The second kappa shape index (κ2) is 5.17. The summed E-state index contributed by atoms with van der Waals surface area (Å²) < 4.78 is 4.97. The lowest BCUT2D eigenvalue weighted by Gasteiger charge is -2.22. The topological polar surface area (TPSA) is 38.3 Å². The van der Waals surface area contributed by atoms with Crippen LogP contribution in [-0.4, -0.2) is 24.7 Å². The van der Waals surface area contributed by atoms with Gasteiger partial charge >= 0.3 is 5.97 Å². The van der Waals surface area contributed by atoms with E-state index in [9.17, 15) is 4.79 Å². The highest BCUT2D eigenvalue weighted by Gasteiger charge is 2.41. The minimum absolute atomic E-state index is 0.0761. The summed E-state index contributed by atoms with van der Waals surface area (Å²) in [6.45, 7) is 4.43. The first kappa shape index (κ1) is 11.9. The maximum Gasteiger partial charge on any atom is 0.307 e. The predicted molar refractivity (Wildman–Crippen MR) is 63.1 cm³/mol. The average Bonchev–Trinajstić information content (AvgIpc) is 3.08. The SMILES string of the molecule is CCOC(=O)CC(C)NC(C1CC1)C1CC1. The van der Waals surface area contributed by atoms with Gasteiger partial charge in [-0.25, -0.2) is 0 Å². The fraction of sp³-hybridized carbons (Fsp3) is 0.923. The summed E-state index contributed by atoms with van der Waals surface area (Å²) in [6.07, 6.45) is 6.00. The van der Waals surface area contributed by atoms with Crippen LogP contribution in [0, 0.1) is 11.8 Å². The van der Waals surface area contributed by atoms with Crippen molar-refractivity contribution in [1.82, 2.24) is 5.32 Å². The molecule has 0 aromatic heterocycles. The highest BCUT2D eigenvalue weighted by atomic mass is 16.5. The maximum atomic E-state index is 11.3. The minimum Gasteiger partial charge on any atom is -0.466 e. The van der Waals surface area contributed by atoms with E-state index < -0.39 is 0 Å². The normalized spacial score (nSPS) is 22.2. The van der Waals surface area contributed by atoms with Gasteiger partial charge in [0.05, 0.1) is 13.0 Å². The zero-order chi connectivity index (χ0) is 11.5. The molecular formula is C13H23NO2. The van der Waals surface area contributed by atoms with Crippen molar-refractivity contribution in [3.63, 3.8) is 0 Å². The van der Waals surface area contributed by atoms with Gasteiger partial charge in [0, 0.05) is 12.1 Å². The Morgan fingerprint density at radius 3 is 2.31 bits per heavy atom. The van der Waals surface area contributed by atoms with Crippen molar-refractivity contribution < 1.29 is 9.53 Å². The van der Waals surface area contributed by atoms with Crippen molar-refractivity contribution in [1.29, 1.82) is 0 Å². The molecular weight excluding hydrogens is 202 g/mol. The molecule has 0 aromatic carbocycles. The monoisotopic (exact) mass is 225 g/mol. The average molecular weight is 225 g/mol. The van der Waals surface area contributed by atoms with Crippen molar-refractivity contribution in [3.8, 4) is 0 Å². The van der Waals surface area contributed by atoms with E-state index in [0.29, 0.717) is 19.1 Å². The van der Waals surface area contributed by atoms with Gasteiger partial charge in [-0.1, -0.05) is 0 Å². The van der Waals surface area contributed by atoms with Crippen LogP contribution in [0.1, 0.15) is 46.0 Å². The molecule has 3 heteroatoms. The van der Waals surface area contributed by atoms with Gasteiger partial charge in [-0.15, -0.1) is 0 Å². The van der Waals surface area contributed by atoms with E-state index in [4.69, 9.17) is 4.74 Å². The van der Waals surface area contributed by atoms with E-state index in [0.717, 1.165) is 11.8 Å². The Hall–Kier alpha value is -0.570. The minimum atomic E-state index is -0.0761. The summed E-state index contributed by atoms with van der Waals surface area (Å²) in [5.41, 5.74) is 0. The van der Waals surface area contributed by atoms with Crippen molar-refractivity contribution in [2.75, 3.05) is 6.61 Å². The molecule has 0 spiro atoms. The molecule has 0 aliphatic heterocycles. The molecule has 16 heavy (non-hydrogen) atoms. The largest absolute Gasteiger partial charge is 0.466 e. The molecule has 0 bridgehead atoms. The fourth-order valence-electron chi connectivity index (χ4n) is 2.43. The van der Waals surface area contributed by atoms with Gasteiger partial charge < -0.3 is 10.1 Å². The molecule has 0 radical (unpaired) electrons. The summed E-state index contributed by atoms with van der Waals surface area (Å²) in [6, 6.07) is 0.926. The molecule has 1 atom stereocenters. The lowest BCUT2D eigenvalue weighted by Crippen LogP contribution is -2.40. The number of carbonyl (C=O) groups is 1. The summed E-state index contributed by atoms with van der Waals surface area (Å²) in [5, 5.41) is 3.63. The van der Waals surface area contributed by atoms with Crippen LogP contribution in [0.5, 0.6) is 0 Å². The summed E-state index contributed by atoms with van der Waals surface area (Å²) in [5.74, 6) is 1.70. The fourth-order valence-corrected chi connectivity index (χ4v) is 2.43. The molecule has 2 aliphatic rings. The Bertz CT molecular complexity index is 234. The van der Waals surface area contributed by atoms with Crippen molar-refractivity contribution in [2.24, 2.45) is 11.8 Å². The number of hydrogen-bond acceptors (Lipinski definition) is 3. The van der Waals surface area contributed by atoms with Crippen molar-refractivity contribution in [3.05, 3.63) is 0 Å². The lowest BCUT2D eigenvalue weighted by atomic mass is 10.1. The molecule has 3 nitrogen and oxygen atoms in total. The molecule has 1 unspecified atom stereocenters. The van der Waals surface area contributed by atoms with Gasteiger partial charge in [0.1, 0.15) is 0 Å². The van der Waals surface area contributed by atoms with Gasteiger partial charge in [0.2, 0.25) is 0 Å². The molecule has 2 fully saturated rings. The van der Waals surface area contributed by atoms with Gasteiger partial charge in [-0.3, -0.25) is 4.79 Å². The zero-order valence-corrected chi connectivity index (χ0v) is 10.4. The first-order valence-electron chi connectivity index (χ1n) is 6.62. The first-order valence-corrected chi connectivity index (χ1v) is 6.62. The van der Waals surface area contributed by atoms with Crippen LogP contribution < -0.4 is 5.32 Å². The molecule has 0 aromatic rings. The third-order valence-electron chi connectivity index (χ3n) is 3.51. The Kier molecular flexibility index (Phi) is 3.85. The van der Waals surface area contributed by atoms with E-state index in [1.54, 1.807) is 0 Å². The Labute approximate surface area is 97.9 Å². The maximum absolute atomic E-state index is 11.3. The zero-order valence-electron chi connectivity index (χ0n) is 10.4. The van der Waals surface area contributed by atoms with Gasteiger partial charge in [0.15, 0.2) is 0 Å². The van der Waals surface area contributed by atoms with Crippen LogP contribution >= 0.6 is 0 Å². The second-order valence-electron chi connectivity index (χ2n) is 5.28. The smallest absolute Gasteiger partial charge is 0.307 e. The van der Waals surface area contributed by atoms with Crippen LogP contribution in [0.4, 0.5) is 0 Å². The molecule has 92 valence electrons. The van der Waals surface area contributed by atoms with Crippen LogP contribution in [0.15, 0.2) is 0 Å². The highest BCUT2D eigenvalue weighted by molar-refractivity contribution is 5.70. The summed E-state index contributed by atoms with van der Waals surface area (Å²) >= 11 is 0. The Balaban J connectivity index is 1.71. The lowest BCUT2D eigenvalue weighted by molar-refractivity contribution is -0.143. The van der Waals surface area contributed by atoms with Gasteiger partial charge in [-0.05, 0) is 51.4 Å². The number of esters is 1. The second-order valence-corrected chi connectivity index (χ2v) is 5.28. The van der Waals surface area contributed by atoms with E-state index in [1.807, 2.05) is 6.92 Å². The van der Waals surface area contributed by atoms with Crippen LogP contribution in [0.3, 0.4) is 0 Å². The van der Waals surface area contributed by atoms with E-state index >= 15 is 0 Å². The van der Waals surface area contributed by atoms with Crippen LogP contribution in [0.2, 0.25) is 0 Å². The molecule has 2 rings (SSSR count). The van der Waals surface area contributed by atoms with Crippen molar-refractivity contribution >= 4 is 5.97 Å². The third-order valence-corrected chi connectivity index (χ3v) is 3.51. The molecule has 2 saturated carbocycles. The predicted octanol–water partition coefficient (Wildman–Crippen LogP) is 2.11. The van der Waals surface area contributed by atoms with E-state index in [2.05, 4.69) is 12.2 Å². The first-order chi connectivity index (χ1) is 7.70. The van der Waals surface area contributed by atoms with Gasteiger partial charge in [0.25, 0.3) is 0 Å². The summed E-state index contributed by atoms with van der Waals surface area (Å²) in [7, 11) is 0. The van der Waals surface area contributed by atoms with Crippen molar-refractivity contribution in [2.45, 2.75) is 58.0 Å². The molecule has 0 amide bonds.